The summed E-state index contributed by atoms with van der Waals surface area (Å²) < 4.78 is 25.4. The molecule has 8 heteroatoms. The first-order chi connectivity index (χ1) is 14.4. The van der Waals surface area contributed by atoms with E-state index in [1.54, 1.807) is 35.2 Å². The van der Waals surface area contributed by atoms with E-state index in [1.165, 1.54) is 12.1 Å². The maximum atomic E-state index is 12.7. The maximum absolute atomic E-state index is 12.7. The monoisotopic (exact) mass is 423 g/mol. The maximum Gasteiger partial charge on any atom is 0.230 e. The molecule has 1 fully saturated rings. The summed E-state index contributed by atoms with van der Waals surface area (Å²) >= 11 is 0. The Morgan fingerprint density at radius 1 is 1.17 bits per heavy atom. The van der Waals surface area contributed by atoms with Crippen LogP contribution in [0.2, 0.25) is 0 Å². The predicted molar refractivity (Wildman–Crippen MR) is 112 cm³/mol. The Morgan fingerprint density at radius 2 is 1.97 bits per heavy atom. The molecule has 1 aliphatic carbocycles. The van der Waals surface area contributed by atoms with Crippen LogP contribution in [0.4, 0.5) is 11.4 Å². The molecule has 1 heterocycles. The van der Waals surface area contributed by atoms with Crippen molar-refractivity contribution in [3.8, 4) is 6.07 Å². The van der Waals surface area contributed by atoms with Crippen molar-refractivity contribution in [2.24, 2.45) is 5.92 Å². The van der Waals surface area contributed by atoms with Crippen LogP contribution in [0.15, 0.2) is 47.4 Å². The lowest BCUT2D eigenvalue weighted by atomic mass is 10.2. The molecule has 1 aliphatic heterocycles. The van der Waals surface area contributed by atoms with Gasteiger partial charge < -0.3 is 10.2 Å². The summed E-state index contributed by atoms with van der Waals surface area (Å²) in [5, 5.41) is 11.5. The molecule has 2 aromatic carbocycles. The Kier molecular flexibility index (Phi) is 5.31. The molecular weight excluding hydrogens is 402 g/mol. The van der Waals surface area contributed by atoms with Crippen molar-refractivity contribution in [3.63, 3.8) is 0 Å². The van der Waals surface area contributed by atoms with E-state index in [4.69, 9.17) is 5.26 Å². The number of carbonyl (C=O) groups excluding carboxylic acids is 2. The molecule has 154 valence electrons. The molecule has 7 nitrogen and oxygen atoms in total. The van der Waals surface area contributed by atoms with Crippen LogP contribution in [0.1, 0.15) is 30.4 Å². The molecule has 0 unspecified atom stereocenters. The van der Waals surface area contributed by atoms with Gasteiger partial charge >= 0.3 is 0 Å². The van der Waals surface area contributed by atoms with Crippen LogP contribution < -0.4 is 10.2 Å². The molecule has 0 saturated heterocycles. The van der Waals surface area contributed by atoms with Crippen molar-refractivity contribution in [2.75, 3.05) is 22.5 Å². The van der Waals surface area contributed by atoms with E-state index in [0.717, 1.165) is 24.1 Å². The smallest absolute Gasteiger partial charge is 0.230 e. The van der Waals surface area contributed by atoms with E-state index in [-0.39, 0.29) is 28.9 Å². The number of anilines is 2. The van der Waals surface area contributed by atoms with Crippen LogP contribution in [-0.2, 0) is 25.8 Å². The predicted octanol–water partition coefficient (Wildman–Crippen LogP) is 2.66. The molecule has 2 aromatic rings. The second-order valence-corrected chi connectivity index (χ2v) is 9.72. The zero-order chi connectivity index (χ0) is 21.3. The van der Waals surface area contributed by atoms with Gasteiger partial charge in [0.15, 0.2) is 9.84 Å². The van der Waals surface area contributed by atoms with E-state index in [1.807, 2.05) is 6.07 Å². The van der Waals surface area contributed by atoms with Crippen LogP contribution in [-0.4, -0.2) is 32.5 Å². The van der Waals surface area contributed by atoms with E-state index in [0.29, 0.717) is 24.2 Å². The van der Waals surface area contributed by atoms with Crippen LogP contribution in [0.5, 0.6) is 0 Å². The SMILES string of the molecule is N#Cc1cccc(NC(=O)CCS(=O)(=O)c2ccc3c(c2)CCN3C(=O)C2CC2)c1. The highest BCUT2D eigenvalue weighted by Crippen LogP contribution is 2.37. The Bertz CT molecular complexity index is 1160. The normalized spacial score (nSPS) is 15.4. The van der Waals surface area contributed by atoms with Crippen LogP contribution in [0.25, 0.3) is 0 Å². The Morgan fingerprint density at radius 3 is 2.70 bits per heavy atom. The topological polar surface area (TPSA) is 107 Å². The second-order valence-electron chi connectivity index (χ2n) is 7.61. The average Bonchev–Trinajstić information content (AvgIpc) is 3.51. The summed E-state index contributed by atoms with van der Waals surface area (Å²) in [5.74, 6) is -0.510. The molecule has 30 heavy (non-hydrogen) atoms. The first-order valence-corrected chi connectivity index (χ1v) is 11.5. The van der Waals surface area contributed by atoms with Gasteiger partial charge in [-0.1, -0.05) is 6.07 Å². The number of hydrogen-bond acceptors (Lipinski definition) is 5. The van der Waals surface area contributed by atoms with Crippen LogP contribution in [0.3, 0.4) is 0 Å². The zero-order valence-electron chi connectivity index (χ0n) is 16.3. The summed E-state index contributed by atoms with van der Waals surface area (Å²) in [5.41, 5.74) is 2.51. The Labute approximate surface area is 175 Å². The van der Waals surface area contributed by atoms with Crippen molar-refractivity contribution in [3.05, 3.63) is 53.6 Å². The highest BCUT2D eigenvalue weighted by atomic mass is 32.2. The fourth-order valence-electron chi connectivity index (χ4n) is 3.59. The molecule has 0 spiro atoms. The van der Waals surface area contributed by atoms with Gasteiger partial charge in [0.25, 0.3) is 0 Å². The van der Waals surface area contributed by atoms with Gasteiger partial charge in [-0.3, -0.25) is 9.59 Å². The molecule has 2 amide bonds. The largest absolute Gasteiger partial charge is 0.326 e. The van der Waals surface area contributed by atoms with Gasteiger partial charge in [-0.2, -0.15) is 5.26 Å². The van der Waals surface area contributed by atoms with Gasteiger partial charge in [0.05, 0.1) is 22.3 Å². The van der Waals surface area contributed by atoms with Crippen molar-refractivity contribution in [1.82, 2.24) is 0 Å². The number of nitrogens with one attached hydrogen (secondary N) is 1. The minimum Gasteiger partial charge on any atom is -0.326 e. The fourth-order valence-corrected chi connectivity index (χ4v) is 4.87. The standard InChI is InChI=1S/C22H21N3O4S/c23-14-15-2-1-3-18(12-15)24-21(26)9-11-30(28,29)19-6-7-20-17(13-19)8-10-25(20)22(27)16-4-5-16/h1-3,6-7,12-13,16H,4-5,8-11H2,(H,24,26). The third-order valence-electron chi connectivity index (χ3n) is 5.37. The summed E-state index contributed by atoms with van der Waals surface area (Å²) in [7, 11) is -3.64. The molecule has 4 rings (SSSR count). The number of benzene rings is 2. The molecule has 2 aliphatic rings. The highest BCUT2D eigenvalue weighted by Gasteiger charge is 2.36. The first kappa shape index (κ1) is 20.1. The molecular formula is C22H21N3O4S. The fraction of sp³-hybridized carbons (Fsp3) is 0.318. The third kappa shape index (κ3) is 4.21. The summed E-state index contributed by atoms with van der Waals surface area (Å²) in [6.07, 6.45) is 2.30. The van der Waals surface area contributed by atoms with Crippen LogP contribution in [0, 0.1) is 17.2 Å². The minimum atomic E-state index is -3.64. The summed E-state index contributed by atoms with van der Waals surface area (Å²) in [6.45, 7) is 0.582. The zero-order valence-corrected chi connectivity index (χ0v) is 17.1. The molecule has 0 radical (unpaired) electrons. The Hall–Kier alpha value is -3.18. The molecule has 0 aromatic heterocycles. The number of amides is 2. The van der Waals surface area contributed by atoms with Crippen molar-refractivity contribution >= 4 is 33.0 Å². The number of nitriles is 1. The third-order valence-corrected chi connectivity index (χ3v) is 7.09. The summed E-state index contributed by atoms with van der Waals surface area (Å²) in [6, 6.07) is 13.3. The number of sulfone groups is 1. The molecule has 1 saturated carbocycles. The lowest BCUT2D eigenvalue weighted by Crippen LogP contribution is -2.30. The summed E-state index contributed by atoms with van der Waals surface area (Å²) in [4.78, 5) is 26.5. The van der Waals surface area contributed by atoms with Gasteiger partial charge in [-0.15, -0.1) is 0 Å². The number of rotatable bonds is 6. The van der Waals surface area contributed by atoms with Crippen molar-refractivity contribution in [2.45, 2.75) is 30.6 Å². The van der Waals surface area contributed by atoms with Crippen molar-refractivity contribution in [1.29, 1.82) is 5.26 Å². The van der Waals surface area contributed by atoms with Gasteiger partial charge in [0.1, 0.15) is 0 Å². The number of nitrogens with zero attached hydrogens (tertiary/aromatic N) is 2. The van der Waals surface area contributed by atoms with Crippen molar-refractivity contribution < 1.29 is 18.0 Å². The lowest BCUT2D eigenvalue weighted by Gasteiger charge is -2.17. The number of carbonyl (C=O) groups is 2. The molecule has 0 atom stereocenters. The minimum absolute atomic E-state index is 0.117. The number of hydrogen-bond donors (Lipinski definition) is 1. The first-order valence-electron chi connectivity index (χ1n) is 9.84. The average molecular weight is 423 g/mol. The van der Waals surface area contributed by atoms with E-state index < -0.39 is 15.7 Å². The van der Waals surface area contributed by atoms with Gasteiger partial charge in [0.2, 0.25) is 11.8 Å². The van der Waals surface area contributed by atoms with Gasteiger partial charge in [-0.25, -0.2) is 8.42 Å². The van der Waals surface area contributed by atoms with E-state index in [2.05, 4.69) is 5.32 Å². The second kappa shape index (κ2) is 7.92. The lowest BCUT2D eigenvalue weighted by molar-refractivity contribution is -0.119. The quantitative estimate of drug-likeness (QED) is 0.769. The molecule has 1 N–H and O–H groups in total. The number of fused-ring (bicyclic) bond motifs is 1. The highest BCUT2D eigenvalue weighted by molar-refractivity contribution is 7.91. The Balaban J connectivity index is 1.41. The van der Waals surface area contributed by atoms with Gasteiger partial charge in [-0.05, 0) is 61.2 Å². The van der Waals surface area contributed by atoms with Gasteiger partial charge in [0, 0.05) is 30.3 Å². The molecule has 0 bridgehead atoms. The van der Waals surface area contributed by atoms with E-state index >= 15 is 0 Å². The van der Waals surface area contributed by atoms with E-state index in [9.17, 15) is 18.0 Å². The van der Waals surface area contributed by atoms with Crippen LogP contribution >= 0.6 is 0 Å².